The molecule has 0 aromatic carbocycles. The van der Waals surface area contributed by atoms with E-state index in [0.29, 0.717) is 5.82 Å². The van der Waals surface area contributed by atoms with Crippen LogP contribution in [0, 0.1) is 0 Å². The largest absolute Gasteiger partial charge is 0.478 e. The van der Waals surface area contributed by atoms with E-state index in [-0.39, 0.29) is 0 Å². The molecular formula is C8H8N2O2. The third-order valence-electron chi connectivity index (χ3n) is 1.27. The molecule has 0 atom stereocenters. The smallest absolute Gasteiger partial charge is 0.328 e. The Morgan fingerprint density at radius 2 is 2.50 bits per heavy atom. The highest BCUT2D eigenvalue weighted by Crippen LogP contribution is 1.99. The molecule has 0 amide bonds. The first-order valence-corrected chi connectivity index (χ1v) is 3.30. The van der Waals surface area contributed by atoms with Crippen LogP contribution in [0.3, 0.4) is 0 Å². The molecule has 62 valence electrons. The molecule has 0 bridgehead atoms. The Morgan fingerprint density at radius 3 is 3.08 bits per heavy atom. The molecule has 0 saturated carbocycles. The van der Waals surface area contributed by atoms with Crippen LogP contribution in [-0.2, 0) is 4.79 Å². The molecule has 0 unspecified atom stereocenters. The fraction of sp³-hybridized carbons (Fsp3) is 0. The third-order valence-corrected chi connectivity index (χ3v) is 1.27. The van der Waals surface area contributed by atoms with E-state index in [1.54, 1.807) is 23.2 Å². The molecular weight excluding hydrogens is 156 g/mol. The van der Waals surface area contributed by atoms with Crippen LogP contribution in [-0.4, -0.2) is 20.6 Å². The van der Waals surface area contributed by atoms with E-state index in [0.717, 1.165) is 6.08 Å². The van der Waals surface area contributed by atoms with E-state index in [9.17, 15) is 4.79 Å². The van der Waals surface area contributed by atoms with Crippen molar-refractivity contribution < 1.29 is 9.90 Å². The first-order valence-electron chi connectivity index (χ1n) is 3.30. The van der Waals surface area contributed by atoms with Gasteiger partial charge in [0.25, 0.3) is 0 Å². The van der Waals surface area contributed by atoms with Crippen LogP contribution >= 0.6 is 0 Å². The average Bonchev–Trinajstić information content (AvgIpc) is 2.47. The number of carboxylic acids is 1. The Labute approximate surface area is 69.5 Å². The Kier molecular flexibility index (Phi) is 2.42. The zero-order valence-electron chi connectivity index (χ0n) is 6.34. The molecule has 0 aliphatic carbocycles. The summed E-state index contributed by atoms with van der Waals surface area (Å²) in [7, 11) is 0. The lowest BCUT2D eigenvalue weighted by atomic mass is 10.5. The summed E-state index contributed by atoms with van der Waals surface area (Å²) in [6, 6.07) is 0. The van der Waals surface area contributed by atoms with Gasteiger partial charge in [0.05, 0.1) is 0 Å². The summed E-state index contributed by atoms with van der Waals surface area (Å²) in [4.78, 5) is 14.0. The molecule has 4 nitrogen and oxygen atoms in total. The minimum absolute atomic E-state index is 0.549. The van der Waals surface area contributed by atoms with Gasteiger partial charge in [-0.2, -0.15) is 0 Å². The average molecular weight is 164 g/mol. The summed E-state index contributed by atoms with van der Waals surface area (Å²) >= 11 is 0. The molecule has 1 aromatic heterocycles. The van der Waals surface area contributed by atoms with Gasteiger partial charge in [0, 0.05) is 24.7 Å². The molecule has 1 N–H and O–H groups in total. The highest BCUT2D eigenvalue weighted by atomic mass is 16.4. The summed E-state index contributed by atoms with van der Waals surface area (Å²) in [5.41, 5.74) is 0. The standard InChI is InChI=1S/C8H8N2O2/c1-2-10-6-5-9-7(10)3-4-8(11)12/h2-6H,1H2,(H,11,12)/b4-3+. The number of carbonyl (C=O) groups is 1. The van der Waals surface area contributed by atoms with Gasteiger partial charge in [0.2, 0.25) is 0 Å². The number of nitrogens with zero attached hydrogens (tertiary/aromatic N) is 2. The van der Waals surface area contributed by atoms with Gasteiger partial charge in [-0.3, -0.25) is 0 Å². The number of imidazole rings is 1. The van der Waals surface area contributed by atoms with Crippen molar-refractivity contribution in [2.45, 2.75) is 0 Å². The van der Waals surface area contributed by atoms with Crippen molar-refractivity contribution in [3.8, 4) is 0 Å². The minimum Gasteiger partial charge on any atom is -0.478 e. The number of aromatic nitrogens is 2. The maximum atomic E-state index is 10.1. The van der Waals surface area contributed by atoms with Gasteiger partial charge in [0.1, 0.15) is 5.82 Å². The Morgan fingerprint density at radius 1 is 1.75 bits per heavy atom. The molecule has 0 radical (unpaired) electrons. The predicted octanol–water partition coefficient (Wildman–Crippen LogP) is 1.08. The predicted molar refractivity (Wildman–Crippen MR) is 45.3 cm³/mol. The van der Waals surface area contributed by atoms with Crippen molar-refractivity contribution in [2.24, 2.45) is 0 Å². The monoisotopic (exact) mass is 164 g/mol. The van der Waals surface area contributed by atoms with E-state index in [4.69, 9.17) is 5.11 Å². The van der Waals surface area contributed by atoms with Crippen molar-refractivity contribution >= 4 is 18.2 Å². The molecule has 1 rings (SSSR count). The fourth-order valence-electron chi connectivity index (χ4n) is 0.754. The van der Waals surface area contributed by atoms with Gasteiger partial charge in [-0.15, -0.1) is 0 Å². The molecule has 4 heteroatoms. The van der Waals surface area contributed by atoms with Crippen LogP contribution < -0.4 is 0 Å². The SMILES string of the molecule is C=Cn1ccnc1/C=C/C(=O)O. The lowest BCUT2D eigenvalue weighted by Gasteiger charge is -1.92. The fourth-order valence-corrected chi connectivity index (χ4v) is 0.754. The van der Waals surface area contributed by atoms with Crippen molar-refractivity contribution in [1.82, 2.24) is 9.55 Å². The highest BCUT2D eigenvalue weighted by molar-refractivity contribution is 5.84. The van der Waals surface area contributed by atoms with Gasteiger partial charge in [-0.1, -0.05) is 6.58 Å². The number of hydrogen-bond acceptors (Lipinski definition) is 2. The lowest BCUT2D eigenvalue weighted by molar-refractivity contribution is -0.131. The number of aliphatic carboxylic acids is 1. The van der Waals surface area contributed by atoms with Crippen LogP contribution in [0.2, 0.25) is 0 Å². The number of rotatable bonds is 3. The zero-order valence-corrected chi connectivity index (χ0v) is 6.34. The molecule has 12 heavy (non-hydrogen) atoms. The second-order valence-electron chi connectivity index (χ2n) is 2.05. The maximum Gasteiger partial charge on any atom is 0.328 e. The van der Waals surface area contributed by atoms with E-state index in [1.807, 2.05) is 0 Å². The van der Waals surface area contributed by atoms with E-state index >= 15 is 0 Å². The van der Waals surface area contributed by atoms with Gasteiger partial charge < -0.3 is 9.67 Å². The third kappa shape index (κ3) is 1.82. The van der Waals surface area contributed by atoms with Crippen molar-refractivity contribution in [1.29, 1.82) is 0 Å². The lowest BCUT2D eigenvalue weighted by Crippen LogP contribution is -1.90. The van der Waals surface area contributed by atoms with Crippen LogP contribution in [0.5, 0.6) is 0 Å². The molecule has 1 heterocycles. The van der Waals surface area contributed by atoms with Crippen LogP contribution in [0.4, 0.5) is 0 Å². The quantitative estimate of drug-likeness (QED) is 0.680. The summed E-state index contributed by atoms with van der Waals surface area (Å²) in [6.07, 6.45) is 7.25. The van der Waals surface area contributed by atoms with E-state index in [1.165, 1.54) is 6.08 Å². The van der Waals surface area contributed by atoms with E-state index < -0.39 is 5.97 Å². The second-order valence-corrected chi connectivity index (χ2v) is 2.05. The molecule has 0 aliphatic rings. The molecule has 1 aromatic rings. The second kappa shape index (κ2) is 3.52. The van der Waals surface area contributed by atoms with Crippen LogP contribution in [0.15, 0.2) is 25.0 Å². The normalized spacial score (nSPS) is 10.3. The Bertz CT molecular complexity index is 326. The van der Waals surface area contributed by atoms with Gasteiger partial charge in [-0.25, -0.2) is 9.78 Å². The van der Waals surface area contributed by atoms with Gasteiger partial charge in [0.15, 0.2) is 0 Å². The molecule has 0 saturated heterocycles. The van der Waals surface area contributed by atoms with Crippen LogP contribution in [0.1, 0.15) is 5.82 Å². The summed E-state index contributed by atoms with van der Waals surface area (Å²) < 4.78 is 1.62. The molecule has 0 aliphatic heterocycles. The first-order chi connectivity index (χ1) is 5.74. The number of hydrogen-bond donors (Lipinski definition) is 1. The summed E-state index contributed by atoms with van der Waals surface area (Å²) in [6.45, 7) is 3.53. The van der Waals surface area contributed by atoms with Gasteiger partial charge >= 0.3 is 5.97 Å². The minimum atomic E-state index is -0.992. The summed E-state index contributed by atoms with van der Waals surface area (Å²) in [5.74, 6) is -0.444. The Hall–Kier alpha value is -1.84. The van der Waals surface area contributed by atoms with Gasteiger partial charge in [-0.05, 0) is 6.08 Å². The van der Waals surface area contributed by atoms with Crippen molar-refractivity contribution in [3.63, 3.8) is 0 Å². The zero-order chi connectivity index (χ0) is 8.97. The molecule has 0 spiro atoms. The maximum absolute atomic E-state index is 10.1. The van der Waals surface area contributed by atoms with Crippen LogP contribution in [0.25, 0.3) is 12.3 Å². The van der Waals surface area contributed by atoms with E-state index in [2.05, 4.69) is 11.6 Å². The Balaban J connectivity index is 2.88. The highest BCUT2D eigenvalue weighted by Gasteiger charge is 1.94. The summed E-state index contributed by atoms with van der Waals surface area (Å²) in [5, 5.41) is 8.33. The molecule has 0 fully saturated rings. The first kappa shape index (κ1) is 8.26. The topological polar surface area (TPSA) is 55.1 Å². The van der Waals surface area contributed by atoms with Crippen molar-refractivity contribution in [2.75, 3.05) is 0 Å². The number of carboxylic acid groups (broad SMARTS) is 1. The van der Waals surface area contributed by atoms with Crippen molar-refractivity contribution in [3.05, 3.63) is 30.9 Å².